The van der Waals surface area contributed by atoms with Crippen molar-refractivity contribution in [1.29, 1.82) is 0 Å². The number of amides is 1. The molecule has 0 atom stereocenters. The lowest BCUT2D eigenvalue weighted by Gasteiger charge is -2.31. The van der Waals surface area contributed by atoms with Gasteiger partial charge in [-0.25, -0.2) is 9.18 Å². The number of piperidine rings is 1. The number of carbonyl (C=O) groups excluding carboxylic acids is 1. The van der Waals surface area contributed by atoms with Crippen molar-refractivity contribution < 1.29 is 18.7 Å². The molecule has 4 nitrogen and oxygen atoms in total. The molecule has 1 saturated heterocycles. The summed E-state index contributed by atoms with van der Waals surface area (Å²) in [4.78, 5) is 12.9. The number of methoxy groups -OCH3 is 1. The van der Waals surface area contributed by atoms with Crippen molar-refractivity contribution in [3.63, 3.8) is 0 Å². The van der Waals surface area contributed by atoms with Gasteiger partial charge in [-0.05, 0) is 24.3 Å². The topological polar surface area (TPSA) is 38.8 Å². The van der Waals surface area contributed by atoms with E-state index in [0.717, 1.165) is 12.8 Å². The minimum Gasteiger partial charge on any atom is -0.490 e. The summed E-state index contributed by atoms with van der Waals surface area (Å²) >= 11 is 0. The highest BCUT2D eigenvalue weighted by Crippen LogP contribution is 2.19. The normalized spacial score (nSPS) is 16.4. The number of ether oxygens (including phenoxy) is 2. The Hall–Kier alpha value is -1.78. The van der Waals surface area contributed by atoms with Crippen LogP contribution in [0.2, 0.25) is 0 Å². The molecule has 0 spiro atoms. The minimum atomic E-state index is -0.296. The van der Waals surface area contributed by atoms with Gasteiger partial charge in [-0.1, -0.05) is 0 Å². The zero-order valence-electron chi connectivity index (χ0n) is 10.3. The first-order chi connectivity index (χ1) is 8.69. The van der Waals surface area contributed by atoms with E-state index in [-0.39, 0.29) is 18.0 Å². The second-order valence-electron chi connectivity index (χ2n) is 4.23. The number of benzene rings is 1. The number of nitrogens with zero attached hydrogens (tertiary/aromatic N) is 1. The molecule has 1 aromatic rings. The van der Waals surface area contributed by atoms with E-state index < -0.39 is 0 Å². The molecule has 0 radical (unpaired) electrons. The molecule has 1 aromatic carbocycles. The first kappa shape index (κ1) is 12.7. The van der Waals surface area contributed by atoms with Crippen LogP contribution in [-0.2, 0) is 4.74 Å². The molecule has 0 bridgehead atoms. The summed E-state index contributed by atoms with van der Waals surface area (Å²) in [6, 6.07) is 5.97. The molecular formula is C13H16FNO3. The van der Waals surface area contributed by atoms with Crippen molar-refractivity contribution in [3.05, 3.63) is 30.1 Å². The Morgan fingerprint density at radius 1 is 1.28 bits per heavy atom. The fourth-order valence-corrected chi connectivity index (χ4v) is 1.99. The third kappa shape index (κ3) is 3.12. The van der Waals surface area contributed by atoms with E-state index in [4.69, 9.17) is 4.74 Å². The van der Waals surface area contributed by atoms with Crippen LogP contribution in [0.1, 0.15) is 12.8 Å². The summed E-state index contributed by atoms with van der Waals surface area (Å²) < 4.78 is 23.1. The van der Waals surface area contributed by atoms with Crippen LogP contribution in [0.3, 0.4) is 0 Å². The van der Waals surface area contributed by atoms with Crippen molar-refractivity contribution in [3.8, 4) is 5.75 Å². The summed E-state index contributed by atoms with van der Waals surface area (Å²) in [6.07, 6.45) is 1.28. The maximum absolute atomic E-state index is 12.7. The van der Waals surface area contributed by atoms with Gasteiger partial charge in [0.05, 0.1) is 7.11 Å². The van der Waals surface area contributed by atoms with E-state index in [1.54, 1.807) is 17.0 Å². The zero-order valence-corrected chi connectivity index (χ0v) is 10.3. The van der Waals surface area contributed by atoms with Crippen molar-refractivity contribution in [1.82, 2.24) is 4.90 Å². The third-order valence-corrected chi connectivity index (χ3v) is 2.99. The molecule has 1 heterocycles. The van der Waals surface area contributed by atoms with Gasteiger partial charge in [0, 0.05) is 25.9 Å². The molecule has 0 aromatic heterocycles. The Morgan fingerprint density at radius 2 is 1.89 bits per heavy atom. The first-order valence-electron chi connectivity index (χ1n) is 5.94. The largest absolute Gasteiger partial charge is 0.490 e. The van der Waals surface area contributed by atoms with Crippen LogP contribution >= 0.6 is 0 Å². The lowest BCUT2D eigenvalue weighted by molar-refractivity contribution is 0.0790. The predicted octanol–water partition coefficient (Wildman–Crippen LogP) is 2.44. The number of hydrogen-bond acceptors (Lipinski definition) is 3. The molecule has 18 heavy (non-hydrogen) atoms. The average molecular weight is 253 g/mol. The monoisotopic (exact) mass is 253 g/mol. The van der Waals surface area contributed by atoms with E-state index in [0.29, 0.717) is 18.8 Å². The second kappa shape index (κ2) is 5.71. The highest BCUT2D eigenvalue weighted by atomic mass is 19.1. The van der Waals surface area contributed by atoms with Gasteiger partial charge in [-0.3, -0.25) is 0 Å². The second-order valence-corrected chi connectivity index (χ2v) is 4.23. The summed E-state index contributed by atoms with van der Waals surface area (Å²) in [5, 5.41) is 0. The summed E-state index contributed by atoms with van der Waals surface area (Å²) in [5.41, 5.74) is 0. The SMILES string of the molecule is COC(=O)N1CCC(Oc2ccc(F)cc2)CC1. The van der Waals surface area contributed by atoms with Crippen molar-refractivity contribution >= 4 is 6.09 Å². The Labute approximate surface area is 105 Å². The van der Waals surface area contributed by atoms with Crippen LogP contribution in [0.15, 0.2) is 24.3 Å². The van der Waals surface area contributed by atoms with Crippen LogP contribution in [0.4, 0.5) is 9.18 Å². The van der Waals surface area contributed by atoms with Crippen LogP contribution in [-0.4, -0.2) is 37.3 Å². The highest BCUT2D eigenvalue weighted by Gasteiger charge is 2.24. The van der Waals surface area contributed by atoms with Gasteiger partial charge in [0.2, 0.25) is 0 Å². The van der Waals surface area contributed by atoms with Crippen LogP contribution in [0, 0.1) is 5.82 Å². The Kier molecular flexibility index (Phi) is 4.02. The van der Waals surface area contributed by atoms with E-state index in [2.05, 4.69) is 4.74 Å². The number of halogens is 1. The van der Waals surface area contributed by atoms with Crippen LogP contribution in [0.25, 0.3) is 0 Å². The smallest absolute Gasteiger partial charge is 0.409 e. The van der Waals surface area contributed by atoms with Crippen LogP contribution < -0.4 is 4.74 Å². The highest BCUT2D eigenvalue weighted by molar-refractivity contribution is 5.67. The fourth-order valence-electron chi connectivity index (χ4n) is 1.99. The molecule has 0 N–H and O–H groups in total. The first-order valence-corrected chi connectivity index (χ1v) is 5.94. The lowest BCUT2D eigenvalue weighted by Crippen LogP contribution is -2.41. The van der Waals surface area contributed by atoms with Gasteiger partial charge in [0.25, 0.3) is 0 Å². The number of hydrogen-bond donors (Lipinski definition) is 0. The molecule has 0 unspecified atom stereocenters. The van der Waals surface area contributed by atoms with Gasteiger partial charge < -0.3 is 14.4 Å². The maximum atomic E-state index is 12.7. The number of likely N-dealkylation sites (tertiary alicyclic amines) is 1. The molecule has 0 saturated carbocycles. The lowest BCUT2D eigenvalue weighted by atomic mass is 10.1. The van der Waals surface area contributed by atoms with E-state index in [1.807, 2.05) is 0 Å². The van der Waals surface area contributed by atoms with E-state index in [9.17, 15) is 9.18 Å². The van der Waals surface area contributed by atoms with Crippen molar-refractivity contribution in [2.45, 2.75) is 18.9 Å². The molecule has 5 heteroatoms. The van der Waals surface area contributed by atoms with Gasteiger partial charge >= 0.3 is 6.09 Å². The summed E-state index contributed by atoms with van der Waals surface area (Å²) in [5.74, 6) is 0.385. The number of carbonyl (C=O) groups is 1. The van der Waals surface area contributed by atoms with Crippen molar-refractivity contribution in [2.24, 2.45) is 0 Å². The standard InChI is InChI=1S/C13H16FNO3/c1-17-13(16)15-8-6-12(7-9-15)18-11-4-2-10(14)3-5-11/h2-5,12H,6-9H2,1H3. The predicted molar refractivity (Wildman–Crippen MR) is 64.0 cm³/mol. The van der Waals surface area contributed by atoms with Gasteiger partial charge in [0.1, 0.15) is 17.7 Å². The van der Waals surface area contributed by atoms with Gasteiger partial charge in [-0.15, -0.1) is 0 Å². The molecule has 98 valence electrons. The molecule has 0 aliphatic carbocycles. The zero-order chi connectivity index (χ0) is 13.0. The van der Waals surface area contributed by atoms with E-state index >= 15 is 0 Å². The number of rotatable bonds is 2. The summed E-state index contributed by atoms with van der Waals surface area (Å²) in [7, 11) is 1.38. The molecular weight excluding hydrogens is 237 g/mol. The van der Waals surface area contributed by atoms with Crippen molar-refractivity contribution in [2.75, 3.05) is 20.2 Å². The summed E-state index contributed by atoms with van der Waals surface area (Å²) in [6.45, 7) is 1.25. The van der Waals surface area contributed by atoms with E-state index in [1.165, 1.54) is 19.2 Å². The molecule has 2 rings (SSSR count). The van der Waals surface area contributed by atoms with Crippen LogP contribution in [0.5, 0.6) is 5.75 Å². The molecule has 1 amide bonds. The van der Waals surface area contributed by atoms with Gasteiger partial charge in [0.15, 0.2) is 0 Å². The Morgan fingerprint density at radius 3 is 2.44 bits per heavy atom. The Bertz CT molecular complexity index is 399. The average Bonchev–Trinajstić information content (AvgIpc) is 2.41. The molecule has 1 fully saturated rings. The minimum absolute atomic E-state index is 0.0661. The Balaban J connectivity index is 1.83. The fraction of sp³-hybridized carbons (Fsp3) is 0.462. The van der Waals surface area contributed by atoms with Gasteiger partial charge in [-0.2, -0.15) is 0 Å². The maximum Gasteiger partial charge on any atom is 0.409 e. The molecule has 1 aliphatic rings. The molecule has 1 aliphatic heterocycles. The third-order valence-electron chi connectivity index (χ3n) is 2.99. The quantitative estimate of drug-likeness (QED) is 0.812.